The number of ether oxygens (including phenoxy) is 1. The lowest BCUT2D eigenvalue weighted by Gasteiger charge is -2.45. The van der Waals surface area contributed by atoms with Gasteiger partial charge in [0.05, 0.1) is 17.8 Å². The molecule has 2 aliphatic heterocycles. The molecule has 0 aromatic carbocycles. The van der Waals surface area contributed by atoms with E-state index in [-0.39, 0.29) is 17.6 Å². The lowest BCUT2D eigenvalue weighted by Crippen LogP contribution is -2.50. The zero-order chi connectivity index (χ0) is 9.69. The van der Waals surface area contributed by atoms with Crippen molar-refractivity contribution in [3.63, 3.8) is 0 Å². The van der Waals surface area contributed by atoms with Crippen LogP contribution in [0.25, 0.3) is 0 Å². The Morgan fingerprint density at radius 3 is 2.08 bits per heavy atom. The van der Waals surface area contributed by atoms with Crippen LogP contribution in [0, 0.1) is 5.41 Å². The van der Waals surface area contributed by atoms with Gasteiger partial charge in [0.2, 0.25) is 0 Å². The van der Waals surface area contributed by atoms with E-state index in [2.05, 4.69) is 32.9 Å². The molecule has 1 fully saturated rings. The Hall–Kier alpha value is -0.340. The summed E-state index contributed by atoms with van der Waals surface area (Å²) in [5, 5.41) is 10.5. The maximum Gasteiger partial charge on any atom is 0.0792 e. The minimum Gasteiger partial charge on any atom is -0.389 e. The maximum absolute atomic E-state index is 10.5. The summed E-state index contributed by atoms with van der Waals surface area (Å²) in [6.45, 7) is 6.28. The molecule has 0 saturated carbocycles. The third-order valence-electron chi connectivity index (χ3n) is 3.36. The number of hydrogen-bond acceptors (Lipinski definition) is 2. The van der Waals surface area contributed by atoms with E-state index < -0.39 is 5.60 Å². The Balaban J connectivity index is 2.19. The highest BCUT2D eigenvalue weighted by atomic mass is 16.5. The van der Waals surface area contributed by atoms with Crippen molar-refractivity contribution in [1.82, 2.24) is 0 Å². The largest absolute Gasteiger partial charge is 0.389 e. The van der Waals surface area contributed by atoms with Gasteiger partial charge in [0.1, 0.15) is 0 Å². The molecule has 2 aliphatic rings. The molecule has 2 heterocycles. The summed E-state index contributed by atoms with van der Waals surface area (Å²) in [4.78, 5) is 0. The molecular formula is C11H18O2. The minimum absolute atomic E-state index is 0.0562. The number of fused-ring (bicyclic) bond motifs is 2. The molecule has 0 spiro atoms. The standard InChI is InChI=1S/C11H18O2/c1-10(2,3)11(12)6-8-4-5-9(7-11)13-8/h4-5,8-9,12H,6-7H2,1-3H3. The summed E-state index contributed by atoms with van der Waals surface area (Å²) in [6, 6.07) is 0. The summed E-state index contributed by atoms with van der Waals surface area (Å²) < 4.78 is 5.62. The molecule has 0 amide bonds. The molecule has 0 aliphatic carbocycles. The second-order valence-electron chi connectivity index (χ2n) is 5.29. The molecule has 74 valence electrons. The van der Waals surface area contributed by atoms with E-state index in [0.29, 0.717) is 0 Å². The first-order valence-electron chi connectivity index (χ1n) is 4.97. The average molecular weight is 182 g/mol. The van der Waals surface area contributed by atoms with Crippen molar-refractivity contribution in [2.75, 3.05) is 0 Å². The molecule has 2 unspecified atom stereocenters. The van der Waals surface area contributed by atoms with Crippen molar-refractivity contribution in [3.05, 3.63) is 12.2 Å². The molecule has 2 bridgehead atoms. The second-order valence-corrected chi connectivity index (χ2v) is 5.29. The van der Waals surface area contributed by atoms with Gasteiger partial charge in [-0.1, -0.05) is 32.9 Å². The average Bonchev–Trinajstić information content (AvgIpc) is 2.28. The smallest absolute Gasteiger partial charge is 0.0792 e. The van der Waals surface area contributed by atoms with Gasteiger partial charge in [0.15, 0.2) is 0 Å². The normalized spacial score (nSPS) is 44.0. The maximum atomic E-state index is 10.5. The summed E-state index contributed by atoms with van der Waals surface area (Å²) in [6.07, 6.45) is 5.92. The van der Waals surface area contributed by atoms with Gasteiger partial charge in [-0.15, -0.1) is 0 Å². The molecular weight excluding hydrogens is 164 g/mol. The van der Waals surface area contributed by atoms with Gasteiger partial charge in [-0.3, -0.25) is 0 Å². The Morgan fingerprint density at radius 1 is 1.23 bits per heavy atom. The van der Waals surface area contributed by atoms with E-state index in [9.17, 15) is 5.11 Å². The van der Waals surface area contributed by atoms with E-state index >= 15 is 0 Å². The van der Waals surface area contributed by atoms with Gasteiger partial charge in [0, 0.05) is 12.8 Å². The van der Waals surface area contributed by atoms with Gasteiger partial charge >= 0.3 is 0 Å². The van der Waals surface area contributed by atoms with Crippen LogP contribution in [0.5, 0.6) is 0 Å². The highest BCUT2D eigenvalue weighted by Gasteiger charge is 2.48. The first-order chi connectivity index (χ1) is 5.91. The Bertz CT molecular complexity index is 223. The highest BCUT2D eigenvalue weighted by Crippen LogP contribution is 2.44. The van der Waals surface area contributed by atoms with Crippen molar-refractivity contribution in [2.45, 2.75) is 51.4 Å². The molecule has 1 N–H and O–H groups in total. The van der Waals surface area contributed by atoms with Crippen molar-refractivity contribution < 1.29 is 9.84 Å². The van der Waals surface area contributed by atoms with Gasteiger partial charge in [-0.05, 0) is 5.41 Å². The first-order valence-corrected chi connectivity index (χ1v) is 4.97. The molecule has 0 radical (unpaired) electrons. The lowest BCUT2D eigenvalue weighted by atomic mass is 9.70. The number of hydrogen-bond donors (Lipinski definition) is 1. The van der Waals surface area contributed by atoms with Crippen LogP contribution < -0.4 is 0 Å². The molecule has 0 aromatic rings. The van der Waals surface area contributed by atoms with Crippen LogP contribution in [-0.4, -0.2) is 22.9 Å². The highest BCUT2D eigenvalue weighted by molar-refractivity contribution is 5.13. The second kappa shape index (κ2) is 2.58. The molecule has 13 heavy (non-hydrogen) atoms. The molecule has 1 saturated heterocycles. The minimum atomic E-state index is -0.565. The summed E-state index contributed by atoms with van der Waals surface area (Å²) in [5.41, 5.74) is -0.622. The monoisotopic (exact) mass is 182 g/mol. The number of rotatable bonds is 0. The summed E-state index contributed by atoms with van der Waals surface area (Å²) >= 11 is 0. The zero-order valence-corrected chi connectivity index (χ0v) is 8.58. The van der Waals surface area contributed by atoms with E-state index in [1.807, 2.05) is 0 Å². The van der Waals surface area contributed by atoms with Gasteiger partial charge in [-0.2, -0.15) is 0 Å². The molecule has 0 aromatic heterocycles. The zero-order valence-electron chi connectivity index (χ0n) is 8.58. The fraction of sp³-hybridized carbons (Fsp3) is 0.818. The van der Waals surface area contributed by atoms with E-state index in [1.54, 1.807) is 0 Å². The van der Waals surface area contributed by atoms with Crippen molar-refractivity contribution in [3.8, 4) is 0 Å². The Morgan fingerprint density at radius 2 is 1.69 bits per heavy atom. The van der Waals surface area contributed by atoms with Crippen LogP contribution in [0.3, 0.4) is 0 Å². The SMILES string of the molecule is CC(C)(C)C1(O)CC2C=CC(C1)O2. The summed E-state index contributed by atoms with van der Waals surface area (Å²) in [5.74, 6) is 0. The summed E-state index contributed by atoms with van der Waals surface area (Å²) in [7, 11) is 0. The first kappa shape index (κ1) is 9.22. The van der Waals surface area contributed by atoms with Crippen molar-refractivity contribution in [2.24, 2.45) is 5.41 Å². The van der Waals surface area contributed by atoms with E-state index in [1.165, 1.54) is 0 Å². The van der Waals surface area contributed by atoms with Crippen LogP contribution >= 0.6 is 0 Å². The molecule has 2 atom stereocenters. The number of aliphatic hydroxyl groups is 1. The fourth-order valence-corrected chi connectivity index (χ4v) is 2.16. The molecule has 2 heteroatoms. The Kier molecular flexibility index (Phi) is 1.83. The van der Waals surface area contributed by atoms with Crippen LogP contribution in [0.15, 0.2) is 12.2 Å². The predicted octanol–water partition coefficient (Wildman–Crippen LogP) is 1.88. The van der Waals surface area contributed by atoms with Crippen molar-refractivity contribution >= 4 is 0 Å². The van der Waals surface area contributed by atoms with Crippen LogP contribution in [0.4, 0.5) is 0 Å². The van der Waals surface area contributed by atoms with Gasteiger partial charge in [0.25, 0.3) is 0 Å². The van der Waals surface area contributed by atoms with E-state index in [4.69, 9.17) is 4.74 Å². The molecule has 2 rings (SSSR count). The van der Waals surface area contributed by atoms with Gasteiger partial charge < -0.3 is 9.84 Å². The van der Waals surface area contributed by atoms with Gasteiger partial charge in [-0.25, -0.2) is 0 Å². The third kappa shape index (κ3) is 1.42. The van der Waals surface area contributed by atoms with Crippen LogP contribution in [0.1, 0.15) is 33.6 Å². The fourth-order valence-electron chi connectivity index (χ4n) is 2.16. The lowest BCUT2D eigenvalue weighted by molar-refractivity contribution is -0.153. The topological polar surface area (TPSA) is 29.5 Å². The van der Waals surface area contributed by atoms with Crippen molar-refractivity contribution in [1.29, 1.82) is 0 Å². The van der Waals surface area contributed by atoms with E-state index in [0.717, 1.165) is 12.8 Å². The van der Waals surface area contributed by atoms with Crippen LogP contribution in [-0.2, 0) is 4.74 Å². The Labute approximate surface area is 79.6 Å². The molecule has 2 nitrogen and oxygen atoms in total. The predicted molar refractivity (Wildman–Crippen MR) is 51.4 cm³/mol. The quantitative estimate of drug-likeness (QED) is 0.580. The van der Waals surface area contributed by atoms with Crippen LogP contribution in [0.2, 0.25) is 0 Å². The third-order valence-corrected chi connectivity index (χ3v) is 3.36.